The lowest BCUT2D eigenvalue weighted by Gasteiger charge is -2.34. The first-order chi connectivity index (χ1) is 13.1. The van der Waals surface area contributed by atoms with Crippen molar-refractivity contribution >= 4 is 22.9 Å². The number of aromatic amines is 2. The van der Waals surface area contributed by atoms with Gasteiger partial charge >= 0.3 is 0 Å². The number of allylic oxidation sites excluding steroid dienone is 2. The number of thiophene rings is 1. The summed E-state index contributed by atoms with van der Waals surface area (Å²) in [5, 5.41) is 21.2. The van der Waals surface area contributed by atoms with Gasteiger partial charge in [0.25, 0.3) is 5.56 Å². The number of anilines is 1. The van der Waals surface area contributed by atoms with Gasteiger partial charge in [0.2, 0.25) is 0 Å². The summed E-state index contributed by atoms with van der Waals surface area (Å²) in [6.45, 7) is 0. The zero-order valence-electron chi connectivity index (χ0n) is 14.3. The van der Waals surface area contributed by atoms with Gasteiger partial charge < -0.3 is 10.4 Å². The van der Waals surface area contributed by atoms with Crippen LogP contribution >= 0.6 is 11.3 Å². The van der Waals surface area contributed by atoms with Crippen molar-refractivity contribution in [2.75, 3.05) is 5.32 Å². The largest absolute Gasteiger partial charge is 0.508 e. The standard InChI is InChI=1S/C20H17N3O3S/c24-13-5-2-1-4-11(13)16-17-12(21-19-18(16)20(26)23-22-19)8-10(9-14(17)25)15-6-3-7-27-15/h1-7,10,16,24H,8-9H2,(H3,21,22,23,26). The number of Topliss-reactive ketones (excluding diaryl/α,β-unsaturated/α-hetero) is 1. The van der Waals surface area contributed by atoms with Gasteiger partial charge in [0.05, 0.1) is 11.5 Å². The number of para-hydroxylation sites is 1. The van der Waals surface area contributed by atoms with Gasteiger partial charge in [-0.1, -0.05) is 24.3 Å². The smallest absolute Gasteiger partial charge is 0.270 e. The van der Waals surface area contributed by atoms with Gasteiger partial charge in [0.15, 0.2) is 5.78 Å². The molecule has 5 rings (SSSR count). The Labute approximate surface area is 158 Å². The van der Waals surface area contributed by atoms with Crippen LogP contribution in [-0.4, -0.2) is 21.1 Å². The van der Waals surface area contributed by atoms with E-state index in [-0.39, 0.29) is 23.0 Å². The number of fused-ring (bicyclic) bond motifs is 1. The average Bonchev–Trinajstić information content (AvgIpc) is 3.31. The molecule has 1 aliphatic carbocycles. The number of aromatic hydroxyl groups is 1. The van der Waals surface area contributed by atoms with Gasteiger partial charge in [-0.2, -0.15) is 0 Å². The van der Waals surface area contributed by atoms with Gasteiger partial charge in [-0.15, -0.1) is 11.3 Å². The molecule has 3 aromatic rings. The Morgan fingerprint density at radius 2 is 1.89 bits per heavy atom. The summed E-state index contributed by atoms with van der Waals surface area (Å²) in [4.78, 5) is 26.8. The number of carbonyl (C=O) groups excluding carboxylic acids is 1. The third-order valence-electron chi connectivity index (χ3n) is 5.37. The molecule has 27 heavy (non-hydrogen) atoms. The molecule has 0 spiro atoms. The topological polar surface area (TPSA) is 98.0 Å². The average molecular weight is 379 g/mol. The number of carbonyl (C=O) groups is 1. The van der Waals surface area contributed by atoms with E-state index in [1.165, 1.54) is 4.88 Å². The van der Waals surface area contributed by atoms with Gasteiger partial charge in [-0.25, -0.2) is 0 Å². The highest BCUT2D eigenvalue weighted by atomic mass is 32.1. The second-order valence-corrected chi connectivity index (χ2v) is 7.90. The molecule has 0 radical (unpaired) electrons. The quantitative estimate of drug-likeness (QED) is 0.548. The molecule has 6 nitrogen and oxygen atoms in total. The minimum absolute atomic E-state index is 0.0154. The fraction of sp³-hybridized carbons (Fsp3) is 0.200. The predicted octanol–water partition coefficient (Wildman–Crippen LogP) is 3.43. The molecule has 1 aliphatic heterocycles. The molecule has 136 valence electrons. The predicted molar refractivity (Wildman–Crippen MR) is 103 cm³/mol. The third kappa shape index (κ3) is 2.46. The van der Waals surface area contributed by atoms with Gasteiger partial charge in [0, 0.05) is 34.0 Å². The molecule has 7 heteroatoms. The number of phenolic OH excluding ortho intramolecular Hbond substituents is 1. The minimum atomic E-state index is -0.579. The molecule has 2 aliphatic rings. The van der Waals surface area contributed by atoms with Gasteiger partial charge in [-0.05, 0) is 23.9 Å². The second kappa shape index (κ2) is 5.99. The van der Waals surface area contributed by atoms with E-state index in [4.69, 9.17) is 0 Å². The number of benzene rings is 1. The molecule has 4 N–H and O–H groups in total. The molecule has 2 atom stereocenters. The Bertz CT molecular complexity index is 1120. The first-order valence-electron chi connectivity index (χ1n) is 8.78. The highest BCUT2D eigenvalue weighted by molar-refractivity contribution is 7.10. The Balaban J connectivity index is 1.68. The summed E-state index contributed by atoms with van der Waals surface area (Å²) in [6, 6.07) is 10.9. The maximum absolute atomic E-state index is 13.2. The molecule has 2 aromatic heterocycles. The van der Waals surface area contributed by atoms with Crippen molar-refractivity contribution in [2.24, 2.45) is 0 Å². The van der Waals surface area contributed by atoms with Crippen molar-refractivity contribution < 1.29 is 9.90 Å². The molecule has 0 amide bonds. The van der Waals surface area contributed by atoms with E-state index in [0.29, 0.717) is 35.4 Å². The lowest BCUT2D eigenvalue weighted by atomic mass is 9.73. The highest BCUT2D eigenvalue weighted by Crippen LogP contribution is 2.48. The zero-order chi connectivity index (χ0) is 18.5. The Hall–Kier alpha value is -3.06. The maximum Gasteiger partial charge on any atom is 0.270 e. The van der Waals surface area contributed by atoms with Crippen LogP contribution in [-0.2, 0) is 4.79 Å². The Morgan fingerprint density at radius 1 is 1.04 bits per heavy atom. The summed E-state index contributed by atoms with van der Waals surface area (Å²) in [7, 11) is 0. The SMILES string of the molecule is O=C1CC(c2cccs2)CC2=C1C(c1ccccc1O)c1c([nH][nH]c1=O)N2. The van der Waals surface area contributed by atoms with Crippen LogP contribution in [0.15, 0.2) is 57.8 Å². The van der Waals surface area contributed by atoms with Crippen LogP contribution in [0, 0.1) is 0 Å². The summed E-state index contributed by atoms with van der Waals surface area (Å²) >= 11 is 1.65. The van der Waals surface area contributed by atoms with Crippen LogP contribution in [0.1, 0.15) is 40.7 Å². The van der Waals surface area contributed by atoms with Crippen molar-refractivity contribution in [3.63, 3.8) is 0 Å². The number of aromatic nitrogens is 2. The molecule has 0 bridgehead atoms. The molecule has 1 aromatic carbocycles. The fourth-order valence-electron chi connectivity index (χ4n) is 4.19. The van der Waals surface area contributed by atoms with Crippen LogP contribution in [0.4, 0.5) is 5.82 Å². The first kappa shape index (κ1) is 16.1. The molecule has 0 saturated heterocycles. The zero-order valence-corrected chi connectivity index (χ0v) is 15.1. The van der Waals surface area contributed by atoms with Crippen molar-refractivity contribution in [3.8, 4) is 5.75 Å². The Kier molecular flexibility index (Phi) is 3.58. The Morgan fingerprint density at radius 3 is 2.67 bits per heavy atom. The van der Waals surface area contributed by atoms with E-state index >= 15 is 0 Å². The van der Waals surface area contributed by atoms with Crippen molar-refractivity contribution in [2.45, 2.75) is 24.7 Å². The summed E-state index contributed by atoms with van der Waals surface area (Å²) in [6.07, 6.45) is 1.10. The van der Waals surface area contributed by atoms with Crippen LogP contribution in [0.5, 0.6) is 5.75 Å². The number of hydrogen-bond acceptors (Lipinski definition) is 5. The number of ketones is 1. The number of hydrogen-bond donors (Lipinski definition) is 4. The van der Waals surface area contributed by atoms with E-state index in [1.807, 2.05) is 11.4 Å². The lowest BCUT2D eigenvalue weighted by Crippen LogP contribution is -2.31. The van der Waals surface area contributed by atoms with Gasteiger partial charge in [0.1, 0.15) is 11.6 Å². The maximum atomic E-state index is 13.2. The molecular weight excluding hydrogens is 362 g/mol. The molecule has 3 heterocycles. The van der Waals surface area contributed by atoms with Crippen molar-refractivity contribution in [1.29, 1.82) is 0 Å². The first-order valence-corrected chi connectivity index (χ1v) is 9.66. The van der Waals surface area contributed by atoms with Crippen LogP contribution in [0.3, 0.4) is 0 Å². The second-order valence-electron chi connectivity index (χ2n) is 6.92. The van der Waals surface area contributed by atoms with Crippen LogP contribution in [0.2, 0.25) is 0 Å². The van der Waals surface area contributed by atoms with E-state index in [2.05, 4.69) is 21.6 Å². The molecule has 2 unspecified atom stereocenters. The van der Waals surface area contributed by atoms with Crippen LogP contribution in [0.25, 0.3) is 0 Å². The number of rotatable bonds is 2. The number of phenols is 1. The highest BCUT2D eigenvalue weighted by Gasteiger charge is 2.41. The minimum Gasteiger partial charge on any atom is -0.508 e. The molecule has 0 fully saturated rings. The van der Waals surface area contributed by atoms with E-state index < -0.39 is 5.92 Å². The summed E-state index contributed by atoms with van der Waals surface area (Å²) < 4.78 is 0. The van der Waals surface area contributed by atoms with Gasteiger partial charge in [-0.3, -0.25) is 19.8 Å². The van der Waals surface area contributed by atoms with Crippen LogP contribution < -0.4 is 10.9 Å². The number of nitrogens with one attached hydrogen (secondary N) is 3. The number of H-pyrrole nitrogens is 2. The normalized spacial score (nSPS) is 21.6. The van der Waals surface area contributed by atoms with E-state index in [1.54, 1.807) is 35.6 Å². The molecule has 0 saturated carbocycles. The monoisotopic (exact) mass is 379 g/mol. The van der Waals surface area contributed by atoms with Crippen molar-refractivity contribution in [3.05, 3.63) is 79.4 Å². The summed E-state index contributed by atoms with van der Waals surface area (Å²) in [5.41, 5.74) is 2.13. The van der Waals surface area contributed by atoms with E-state index in [9.17, 15) is 14.7 Å². The van der Waals surface area contributed by atoms with E-state index in [0.717, 1.165) is 5.70 Å². The van der Waals surface area contributed by atoms with Crippen molar-refractivity contribution in [1.82, 2.24) is 10.2 Å². The summed E-state index contributed by atoms with van der Waals surface area (Å²) in [5.74, 6) is 0.203. The fourth-order valence-corrected chi connectivity index (χ4v) is 5.02. The third-order valence-corrected chi connectivity index (χ3v) is 6.40. The lowest BCUT2D eigenvalue weighted by molar-refractivity contribution is -0.116. The molecular formula is C20H17N3O3S.